The highest BCUT2D eigenvalue weighted by molar-refractivity contribution is 7.89. The molecule has 2 N–H and O–H groups in total. The Morgan fingerprint density at radius 1 is 0.652 bits per heavy atom. The molecule has 2 fully saturated rings. The van der Waals surface area contributed by atoms with Gasteiger partial charge >= 0.3 is 24.1 Å². The lowest BCUT2D eigenvalue weighted by Crippen LogP contribution is -2.43. The van der Waals surface area contributed by atoms with Crippen molar-refractivity contribution in [2.45, 2.75) is 39.5 Å². The standard InChI is InChI=1S/C42H54N10O12S2/c1-29-45-39(63-47-29)33-9-5-7-11-35(33)51(27-31-15-19-49(20-16-31)23-25-65(57,58)43-3)41(55)61-37(53)13-14-38(54)62-42(56)52(36-12-8-6-10-34(36)40-46-30(2)48-64-40)28-32-17-21-50(22-18-32)24-26-66(59,60)44-4/h5-14,31-32,43-44H,15-28H2,1-4H3/b14-13-. The first kappa shape index (κ1) is 49.5. The number of para-hydroxylation sites is 2. The van der Waals surface area contributed by atoms with Gasteiger partial charge in [0, 0.05) is 38.3 Å². The molecule has 0 atom stereocenters. The molecule has 66 heavy (non-hydrogen) atoms. The number of carbonyl (C=O) groups excluding carboxylic acids is 4. The fourth-order valence-electron chi connectivity index (χ4n) is 7.63. The van der Waals surface area contributed by atoms with Gasteiger partial charge in [0.25, 0.3) is 11.8 Å². The number of hydrogen-bond acceptors (Lipinski definition) is 18. The van der Waals surface area contributed by atoms with Crippen LogP contribution in [-0.4, -0.2) is 149 Å². The molecule has 2 aromatic carbocycles. The number of nitrogens with one attached hydrogen (secondary N) is 2. The maximum atomic E-state index is 13.9. The summed E-state index contributed by atoms with van der Waals surface area (Å²) in [4.78, 5) is 69.5. The second-order valence-electron chi connectivity index (χ2n) is 15.9. The molecule has 2 aliphatic rings. The highest BCUT2D eigenvalue weighted by Gasteiger charge is 2.32. The third-order valence-electron chi connectivity index (χ3n) is 11.3. The normalized spacial score (nSPS) is 15.8. The molecule has 0 unspecified atom stereocenters. The van der Waals surface area contributed by atoms with Crippen molar-refractivity contribution in [3.8, 4) is 22.9 Å². The van der Waals surface area contributed by atoms with Crippen LogP contribution in [0.3, 0.4) is 0 Å². The van der Waals surface area contributed by atoms with Gasteiger partial charge < -0.3 is 28.3 Å². The molecule has 0 saturated carbocycles. The predicted molar refractivity (Wildman–Crippen MR) is 240 cm³/mol. The number of amides is 2. The molecule has 2 aliphatic heterocycles. The van der Waals surface area contributed by atoms with E-state index in [0.717, 1.165) is 0 Å². The number of aryl methyl sites for hydroxylation is 2. The van der Waals surface area contributed by atoms with Gasteiger partial charge in [-0.25, -0.2) is 45.5 Å². The maximum absolute atomic E-state index is 13.9. The Balaban J connectivity index is 1.14. The van der Waals surface area contributed by atoms with E-state index in [2.05, 4.69) is 29.7 Å². The summed E-state index contributed by atoms with van der Waals surface area (Å²) in [6.07, 6.45) is 1.67. The molecule has 0 radical (unpaired) electrons. The molecular formula is C42H54N10O12S2. The highest BCUT2D eigenvalue weighted by Crippen LogP contribution is 2.34. The number of sulfonamides is 2. The van der Waals surface area contributed by atoms with Crippen molar-refractivity contribution < 1.29 is 54.5 Å². The summed E-state index contributed by atoms with van der Waals surface area (Å²) in [6, 6.07) is 13.5. The van der Waals surface area contributed by atoms with E-state index in [9.17, 15) is 36.0 Å². The van der Waals surface area contributed by atoms with Crippen LogP contribution in [0.15, 0.2) is 69.7 Å². The van der Waals surface area contributed by atoms with Gasteiger partial charge in [-0.15, -0.1) is 0 Å². The van der Waals surface area contributed by atoms with Gasteiger partial charge in [-0.05, 0) is 116 Å². The molecule has 0 bridgehead atoms. The molecule has 4 heterocycles. The quantitative estimate of drug-likeness (QED) is 0.0824. The van der Waals surface area contributed by atoms with Crippen molar-refractivity contribution in [2.75, 3.05) is 87.8 Å². The lowest BCUT2D eigenvalue weighted by Gasteiger charge is -2.34. The molecule has 6 rings (SSSR count). The first-order chi connectivity index (χ1) is 31.5. The van der Waals surface area contributed by atoms with Crippen LogP contribution < -0.4 is 19.2 Å². The summed E-state index contributed by atoms with van der Waals surface area (Å²) in [6.45, 7) is 6.48. The van der Waals surface area contributed by atoms with Gasteiger partial charge in [0.05, 0.1) is 34.0 Å². The third-order valence-corrected chi connectivity index (χ3v) is 14.0. The number of piperidine rings is 2. The van der Waals surface area contributed by atoms with Crippen LogP contribution in [0.1, 0.15) is 37.3 Å². The van der Waals surface area contributed by atoms with E-state index in [-0.39, 0.29) is 48.2 Å². The van der Waals surface area contributed by atoms with Crippen LogP contribution in [0.25, 0.3) is 22.9 Å². The van der Waals surface area contributed by atoms with Crippen LogP contribution in [0, 0.1) is 25.7 Å². The van der Waals surface area contributed by atoms with E-state index in [1.807, 2.05) is 9.80 Å². The van der Waals surface area contributed by atoms with Gasteiger partial charge in [0.15, 0.2) is 11.6 Å². The van der Waals surface area contributed by atoms with Crippen molar-refractivity contribution in [1.82, 2.24) is 39.5 Å². The Labute approximate surface area is 382 Å². The summed E-state index contributed by atoms with van der Waals surface area (Å²) < 4.78 is 74.0. The van der Waals surface area contributed by atoms with E-state index in [1.165, 1.54) is 23.9 Å². The second-order valence-corrected chi connectivity index (χ2v) is 20.0. The van der Waals surface area contributed by atoms with Gasteiger partial charge in [0.2, 0.25) is 20.0 Å². The first-order valence-corrected chi connectivity index (χ1v) is 24.6. The second kappa shape index (κ2) is 22.5. The summed E-state index contributed by atoms with van der Waals surface area (Å²) in [5.41, 5.74) is 1.44. The Morgan fingerprint density at radius 3 is 1.35 bits per heavy atom. The first-order valence-electron chi connectivity index (χ1n) is 21.3. The van der Waals surface area contributed by atoms with Crippen LogP contribution in [0.5, 0.6) is 0 Å². The zero-order valence-electron chi connectivity index (χ0n) is 37.1. The van der Waals surface area contributed by atoms with Crippen molar-refractivity contribution in [2.24, 2.45) is 11.8 Å². The number of carbonyl (C=O) groups is 4. The molecule has 0 spiro atoms. The average Bonchev–Trinajstić information content (AvgIpc) is 3.96. The molecule has 2 aromatic heterocycles. The predicted octanol–water partition coefficient (Wildman–Crippen LogP) is 3.12. The van der Waals surface area contributed by atoms with E-state index < -0.39 is 44.2 Å². The van der Waals surface area contributed by atoms with Gasteiger partial charge in [-0.1, -0.05) is 34.6 Å². The molecule has 2 amide bonds. The van der Waals surface area contributed by atoms with E-state index >= 15 is 0 Å². The van der Waals surface area contributed by atoms with Gasteiger partial charge in [-0.2, -0.15) is 9.97 Å². The smallest absolute Gasteiger partial charge is 0.373 e. The summed E-state index contributed by atoms with van der Waals surface area (Å²) >= 11 is 0. The monoisotopic (exact) mass is 954 g/mol. The minimum absolute atomic E-state index is 0.0515. The largest absolute Gasteiger partial charge is 0.422 e. The fraction of sp³-hybridized carbons (Fsp3) is 0.476. The number of likely N-dealkylation sites (tertiary alicyclic amines) is 2. The highest BCUT2D eigenvalue weighted by atomic mass is 32.2. The Kier molecular flexibility index (Phi) is 16.9. The summed E-state index contributed by atoms with van der Waals surface area (Å²) in [7, 11) is -4.03. The Hall–Kier alpha value is -5.92. The van der Waals surface area contributed by atoms with Crippen molar-refractivity contribution in [3.63, 3.8) is 0 Å². The molecule has 22 nitrogen and oxygen atoms in total. The number of nitrogens with zero attached hydrogens (tertiary/aromatic N) is 8. The van der Waals surface area contributed by atoms with Gasteiger partial charge in [-0.3, -0.25) is 9.80 Å². The topological polar surface area (TPSA) is 270 Å². The number of rotatable bonds is 18. The van der Waals surface area contributed by atoms with Crippen LogP contribution in [-0.2, 0) is 39.1 Å². The van der Waals surface area contributed by atoms with E-state index in [4.69, 9.17) is 18.5 Å². The number of aromatic nitrogens is 4. The lowest BCUT2D eigenvalue weighted by atomic mass is 9.96. The van der Waals surface area contributed by atoms with Gasteiger partial charge in [0.1, 0.15) is 0 Å². The molecule has 356 valence electrons. The molecule has 4 aromatic rings. The number of anilines is 2. The lowest BCUT2D eigenvalue weighted by molar-refractivity contribution is -0.134. The van der Waals surface area contributed by atoms with Crippen molar-refractivity contribution in [3.05, 3.63) is 72.3 Å². The van der Waals surface area contributed by atoms with Crippen molar-refractivity contribution in [1.29, 1.82) is 0 Å². The van der Waals surface area contributed by atoms with Crippen LogP contribution >= 0.6 is 0 Å². The van der Waals surface area contributed by atoms with E-state index in [1.54, 1.807) is 62.4 Å². The Bertz CT molecular complexity index is 2410. The zero-order chi connectivity index (χ0) is 47.4. The third kappa shape index (κ3) is 13.8. The zero-order valence-corrected chi connectivity index (χ0v) is 38.8. The SMILES string of the molecule is CNS(=O)(=O)CCN1CCC(CN(C(=O)OC(=O)/C=C\C(=O)OC(=O)N(CC2CCN(CCS(=O)(=O)NC)CC2)c2ccccc2-c2nc(C)no2)c2ccccc2-c2nc(C)no2)CC1. The molecule has 24 heteroatoms. The van der Waals surface area contributed by atoms with E-state index in [0.29, 0.717) is 111 Å². The summed E-state index contributed by atoms with van der Waals surface area (Å²) in [5, 5.41) is 7.74. The summed E-state index contributed by atoms with van der Waals surface area (Å²) in [5.74, 6) is -1.71. The fourth-order valence-corrected chi connectivity index (χ4v) is 9.03. The number of benzene rings is 2. The molecular weight excluding hydrogens is 901 g/mol. The number of esters is 2. The van der Waals surface area contributed by atoms with Crippen LogP contribution in [0.2, 0.25) is 0 Å². The number of hydrogen-bond donors (Lipinski definition) is 2. The van der Waals surface area contributed by atoms with Crippen molar-refractivity contribution >= 4 is 55.5 Å². The molecule has 2 saturated heterocycles. The Morgan fingerprint density at radius 2 is 1.02 bits per heavy atom. The average molecular weight is 955 g/mol. The minimum atomic E-state index is -3.38. The maximum Gasteiger partial charge on any atom is 0.422 e. The van der Waals surface area contributed by atoms with Crippen LogP contribution in [0.4, 0.5) is 21.0 Å². The molecule has 0 aliphatic carbocycles. The number of ether oxygens (including phenoxy) is 2. The minimum Gasteiger partial charge on any atom is -0.373 e.